The van der Waals surface area contributed by atoms with Gasteiger partial charge in [0, 0.05) is 6.92 Å². The predicted molar refractivity (Wildman–Crippen MR) is 59.0 cm³/mol. The molecular weight excluding hydrogens is 190 g/mol. The van der Waals surface area contributed by atoms with Crippen LogP contribution in [0, 0.1) is 6.92 Å². The Balaban J connectivity index is 2.21. The molecule has 0 saturated carbocycles. The Bertz CT molecular complexity index is 370. The van der Waals surface area contributed by atoms with E-state index < -0.39 is 0 Å². The number of benzene rings is 1. The first-order valence-corrected chi connectivity index (χ1v) is 5.09. The summed E-state index contributed by atoms with van der Waals surface area (Å²) >= 11 is 0. The van der Waals surface area contributed by atoms with Crippen LogP contribution in [-0.4, -0.2) is 23.7 Å². The maximum atomic E-state index is 9.18. The number of hydrogen-bond acceptors (Lipinski definition) is 3. The molecule has 0 radical (unpaired) electrons. The summed E-state index contributed by atoms with van der Waals surface area (Å²) in [7, 11) is 0. The minimum atomic E-state index is -0.160. The number of aliphatic imine (C=N–C) groups is 1. The van der Waals surface area contributed by atoms with E-state index in [-0.39, 0.29) is 18.8 Å². The number of rotatable bonds is 2. The van der Waals surface area contributed by atoms with Gasteiger partial charge in [-0.2, -0.15) is 0 Å². The van der Waals surface area contributed by atoms with E-state index in [0.29, 0.717) is 5.90 Å². The highest BCUT2D eigenvalue weighted by atomic mass is 16.5. The quantitative estimate of drug-likeness (QED) is 0.800. The summed E-state index contributed by atoms with van der Waals surface area (Å²) in [4.78, 5) is 4.23. The van der Waals surface area contributed by atoms with Crippen molar-refractivity contribution in [3.8, 4) is 0 Å². The zero-order chi connectivity index (χ0) is 10.8. The zero-order valence-electron chi connectivity index (χ0n) is 8.97. The van der Waals surface area contributed by atoms with Crippen LogP contribution < -0.4 is 0 Å². The van der Waals surface area contributed by atoms with Gasteiger partial charge in [0.2, 0.25) is 0 Å². The van der Waals surface area contributed by atoms with Crippen LogP contribution in [0.4, 0.5) is 0 Å². The monoisotopic (exact) mass is 205 g/mol. The lowest BCUT2D eigenvalue weighted by Crippen LogP contribution is -2.17. The molecule has 2 rings (SSSR count). The van der Waals surface area contributed by atoms with E-state index in [1.165, 1.54) is 5.56 Å². The minimum absolute atomic E-state index is 0.0237. The number of aliphatic hydroxyl groups excluding tert-OH is 1. The van der Waals surface area contributed by atoms with Crippen LogP contribution in [0.3, 0.4) is 0 Å². The minimum Gasteiger partial charge on any atom is -0.471 e. The summed E-state index contributed by atoms with van der Waals surface area (Å²) in [5.74, 6) is 0.652. The lowest BCUT2D eigenvalue weighted by molar-refractivity contribution is 0.150. The van der Waals surface area contributed by atoms with Crippen molar-refractivity contribution in [2.45, 2.75) is 26.0 Å². The van der Waals surface area contributed by atoms with Crippen molar-refractivity contribution in [3.63, 3.8) is 0 Å². The van der Waals surface area contributed by atoms with Gasteiger partial charge in [-0.25, -0.2) is 4.99 Å². The van der Waals surface area contributed by atoms with Gasteiger partial charge >= 0.3 is 0 Å². The second-order valence-corrected chi connectivity index (χ2v) is 3.85. The molecule has 0 unspecified atom stereocenters. The molecule has 1 aliphatic heterocycles. The molecule has 80 valence electrons. The van der Waals surface area contributed by atoms with Crippen molar-refractivity contribution >= 4 is 5.90 Å². The van der Waals surface area contributed by atoms with E-state index >= 15 is 0 Å². The summed E-state index contributed by atoms with van der Waals surface area (Å²) in [6.45, 7) is 3.89. The average Bonchev–Trinajstić information content (AvgIpc) is 2.61. The van der Waals surface area contributed by atoms with Crippen molar-refractivity contribution in [3.05, 3.63) is 35.4 Å². The van der Waals surface area contributed by atoms with Crippen molar-refractivity contribution in [2.24, 2.45) is 4.99 Å². The van der Waals surface area contributed by atoms with Crippen LogP contribution in [0.5, 0.6) is 0 Å². The molecule has 2 atom stereocenters. The van der Waals surface area contributed by atoms with E-state index in [9.17, 15) is 5.11 Å². The van der Waals surface area contributed by atoms with Gasteiger partial charge in [-0.3, -0.25) is 0 Å². The lowest BCUT2D eigenvalue weighted by atomic mass is 10.0. The third-order valence-electron chi connectivity index (χ3n) is 2.59. The number of aryl methyl sites for hydroxylation is 1. The van der Waals surface area contributed by atoms with E-state index in [2.05, 4.69) is 4.99 Å². The first kappa shape index (κ1) is 10.2. The molecule has 1 heterocycles. The summed E-state index contributed by atoms with van der Waals surface area (Å²) in [5.41, 5.74) is 2.29. The number of hydrogen-bond donors (Lipinski definition) is 1. The molecule has 1 aromatic rings. The maximum Gasteiger partial charge on any atom is 0.181 e. The Hall–Kier alpha value is -1.35. The molecule has 15 heavy (non-hydrogen) atoms. The van der Waals surface area contributed by atoms with Crippen molar-refractivity contribution in [1.29, 1.82) is 0 Å². The molecule has 0 fully saturated rings. The third-order valence-corrected chi connectivity index (χ3v) is 2.59. The summed E-state index contributed by atoms with van der Waals surface area (Å²) < 4.78 is 5.58. The van der Waals surface area contributed by atoms with Crippen LogP contribution in [-0.2, 0) is 4.74 Å². The highest BCUT2D eigenvalue weighted by molar-refractivity contribution is 5.75. The molecule has 0 saturated heterocycles. The molecule has 3 heteroatoms. The number of nitrogens with zero attached hydrogens (tertiary/aromatic N) is 1. The van der Waals surface area contributed by atoms with Gasteiger partial charge < -0.3 is 9.84 Å². The van der Waals surface area contributed by atoms with Crippen molar-refractivity contribution < 1.29 is 9.84 Å². The van der Waals surface area contributed by atoms with Crippen molar-refractivity contribution in [1.82, 2.24) is 0 Å². The normalized spacial score (nSPS) is 24.9. The molecule has 1 aromatic carbocycles. The Kier molecular flexibility index (Phi) is 2.73. The van der Waals surface area contributed by atoms with Gasteiger partial charge in [-0.05, 0) is 12.5 Å². The van der Waals surface area contributed by atoms with E-state index in [1.54, 1.807) is 0 Å². The number of ether oxygens (including phenoxy) is 1. The lowest BCUT2D eigenvalue weighted by Gasteiger charge is -2.16. The van der Waals surface area contributed by atoms with Crippen LogP contribution in [0.2, 0.25) is 0 Å². The Morgan fingerprint density at radius 2 is 1.93 bits per heavy atom. The molecule has 0 aliphatic carbocycles. The van der Waals surface area contributed by atoms with E-state index in [1.807, 2.05) is 38.1 Å². The Morgan fingerprint density at radius 1 is 1.27 bits per heavy atom. The fourth-order valence-electron chi connectivity index (χ4n) is 1.78. The van der Waals surface area contributed by atoms with Gasteiger partial charge in [0.25, 0.3) is 0 Å². The van der Waals surface area contributed by atoms with Crippen LogP contribution in [0.25, 0.3) is 0 Å². The smallest absolute Gasteiger partial charge is 0.181 e. The van der Waals surface area contributed by atoms with E-state index in [0.717, 1.165) is 5.56 Å². The van der Waals surface area contributed by atoms with Gasteiger partial charge in [-0.15, -0.1) is 0 Å². The van der Waals surface area contributed by atoms with Crippen LogP contribution in [0.15, 0.2) is 29.3 Å². The van der Waals surface area contributed by atoms with Gasteiger partial charge in [-0.1, -0.05) is 29.8 Å². The maximum absolute atomic E-state index is 9.18. The molecule has 3 nitrogen and oxygen atoms in total. The van der Waals surface area contributed by atoms with Crippen molar-refractivity contribution in [2.75, 3.05) is 6.61 Å². The third kappa shape index (κ3) is 2.02. The predicted octanol–water partition coefficient (Wildman–Crippen LogP) is 1.85. The van der Waals surface area contributed by atoms with Gasteiger partial charge in [0.1, 0.15) is 12.1 Å². The molecule has 0 spiro atoms. The van der Waals surface area contributed by atoms with Gasteiger partial charge in [0.05, 0.1) is 6.61 Å². The second-order valence-electron chi connectivity index (χ2n) is 3.85. The Labute approximate surface area is 89.4 Å². The van der Waals surface area contributed by atoms with E-state index in [4.69, 9.17) is 4.74 Å². The topological polar surface area (TPSA) is 41.8 Å². The largest absolute Gasteiger partial charge is 0.471 e. The summed E-state index contributed by atoms with van der Waals surface area (Å²) in [6.07, 6.45) is -0.129. The van der Waals surface area contributed by atoms with Gasteiger partial charge in [0.15, 0.2) is 5.90 Å². The fourth-order valence-corrected chi connectivity index (χ4v) is 1.78. The summed E-state index contributed by atoms with van der Waals surface area (Å²) in [5, 5.41) is 9.18. The SMILES string of the molecule is CC1=N[C@H](CO)[C@@H](c2ccc(C)cc2)O1. The standard InChI is InChI=1S/C12H15NO2/c1-8-3-5-10(6-4-8)12-11(7-14)13-9(2)15-12/h3-6,11-12,14H,7H2,1-2H3/t11-,12-/m1/s1. The summed E-state index contributed by atoms with van der Waals surface area (Å²) in [6, 6.07) is 7.97. The highest BCUT2D eigenvalue weighted by Crippen LogP contribution is 2.28. The first-order chi connectivity index (χ1) is 7.20. The molecular formula is C12H15NO2. The molecule has 0 bridgehead atoms. The molecule has 0 amide bonds. The molecule has 1 aliphatic rings. The second kappa shape index (κ2) is 4.03. The van der Waals surface area contributed by atoms with Crippen LogP contribution >= 0.6 is 0 Å². The highest BCUT2D eigenvalue weighted by Gasteiger charge is 2.29. The fraction of sp³-hybridized carbons (Fsp3) is 0.417. The number of aliphatic hydroxyl groups is 1. The van der Waals surface area contributed by atoms with Crippen LogP contribution in [0.1, 0.15) is 24.2 Å². The molecule has 0 aromatic heterocycles. The first-order valence-electron chi connectivity index (χ1n) is 5.09. The zero-order valence-corrected chi connectivity index (χ0v) is 8.97. The average molecular weight is 205 g/mol. The molecule has 1 N–H and O–H groups in total. The Morgan fingerprint density at radius 3 is 2.53 bits per heavy atom.